The van der Waals surface area contributed by atoms with Crippen LogP contribution in [-0.2, 0) is 21.2 Å². The van der Waals surface area contributed by atoms with Crippen molar-refractivity contribution in [3.05, 3.63) is 64.2 Å². The predicted molar refractivity (Wildman–Crippen MR) is 115 cm³/mol. The second kappa shape index (κ2) is 8.76. The van der Waals surface area contributed by atoms with Crippen molar-refractivity contribution in [2.24, 2.45) is 0 Å². The largest absolute Gasteiger partial charge is 0.481 e. The van der Waals surface area contributed by atoms with Crippen molar-refractivity contribution in [2.75, 3.05) is 11.5 Å². The Kier molecular flexibility index (Phi) is 6.54. The lowest BCUT2D eigenvalue weighted by atomic mass is 10.1. The number of nitrogens with zero attached hydrogens (tertiary/aromatic N) is 1. The van der Waals surface area contributed by atoms with E-state index in [4.69, 9.17) is 16.3 Å². The summed E-state index contributed by atoms with van der Waals surface area (Å²) in [6, 6.07) is 12.9. The molecule has 1 amide bonds. The van der Waals surface area contributed by atoms with Crippen molar-refractivity contribution in [1.29, 1.82) is 0 Å². The lowest BCUT2D eigenvalue weighted by Crippen LogP contribution is -2.46. The maximum Gasteiger partial charge on any atom is 0.263 e. The first kappa shape index (κ1) is 21.7. The molecule has 1 aliphatic rings. The number of ether oxygens (including phenoxy) is 1. The van der Waals surface area contributed by atoms with Crippen molar-refractivity contribution in [3.8, 4) is 5.75 Å². The normalized spacial score (nSPS) is 19.0. The molecule has 0 unspecified atom stereocenters. The number of benzene rings is 2. The molecule has 156 valence electrons. The van der Waals surface area contributed by atoms with Gasteiger partial charge in [-0.15, -0.1) is 0 Å². The summed E-state index contributed by atoms with van der Waals surface area (Å²) in [4.78, 5) is 14.9. The quantitative estimate of drug-likeness (QED) is 0.689. The first-order valence-corrected chi connectivity index (χ1v) is 11.8. The third-order valence-corrected chi connectivity index (χ3v) is 7.55. The molecule has 0 aliphatic carbocycles. The van der Waals surface area contributed by atoms with Crippen LogP contribution >= 0.6 is 11.6 Å². The molecule has 1 heterocycles. The van der Waals surface area contributed by atoms with Gasteiger partial charge >= 0.3 is 0 Å². The molecule has 2 aromatic carbocycles. The average molecular weight is 436 g/mol. The Bertz CT molecular complexity index is 968. The van der Waals surface area contributed by atoms with E-state index in [0.29, 0.717) is 23.7 Å². The lowest BCUT2D eigenvalue weighted by molar-refractivity contribution is -0.140. The second-order valence-electron chi connectivity index (χ2n) is 7.64. The fourth-order valence-electron chi connectivity index (χ4n) is 3.65. The first-order valence-electron chi connectivity index (χ1n) is 9.64. The molecule has 2 atom stereocenters. The van der Waals surface area contributed by atoms with E-state index in [1.54, 1.807) is 24.0 Å². The van der Waals surface area contributed by atoms with Crippen LogP contribution < -0.4 is 4.74 Å². The molecular weight excluding hydrogens is 410 g/mol. The average Bonchev–Trinajstić information content (AvgIpc) is 3.04. The summed E-state index contributed by atoms with van der Waals surface area (Å²) in [7, 11) is -3.12. The number of rotatable bonds is 6. The molecule has 1 saturated heterocycles. The molecule has 0 spiro atoms. The summed E-state index contributed by atoms with van der Waals surface area (Å²) in [6.07, 6.45) is -0.297. The van der Waals surface area contributed by atoms with Gasteiger partial charge in [-0.3, -0.25) is 4.79 Å². The zero-order valence-electron chi connectivity index (χ0n) is 16.9. The number of hydrogen-bond donors (Lipinski definition) is 0. The highest BCUT2D eigenvalue weighted by molar-refractivity contribution is 7.91. The van der Waals surface area contributed by atoms with Crippen molar-refractivity contribution in [2.45, 2.75) is 45.9 Å². The van der Waals surface area contributed by atoms with E-state index in [1.165, 1.54) is 0 Å². The van der Waals surface area contributed by atoms with Gasteiger partial charge in [0, 0.05) is 17.6 Å². The third-order valence-electron chi connectivity index (χ3n) is 5.20. The summed E-state index contributed by atoms with van der Waals surface area (Å²) in [5.41, 5.74) is 2.71. The number of halogens is 1. The summed E-state index contributed by atoms with van der Waals surface area (Å²) in [5, 5.41) is 0.679. The van der Waals surface area contributed by atoms with Crippen LogP contribution in [0.4, 0.5) is 0 Å². The van der Waals surface area contributed by atoms with Gasteiger partial charge in [-0.2, -0.15) is 0 Å². The molecule has 0 saturated carbocycles. The fraction of sp³-hybridized carbons (Fsp3) is 0.409. The highest BCUT2D eigenvalue weighted by Crippen LogP contribution is 2.27. The highest BCUT2D eigenvalue weighted by atomic mass is 35.5. The van der Waals surface area contributed by atoms with E-state index in [-0.39, 0.29) is 23.5 Å². The predicted octanol–water partition coefficient (Wildman–Crippen LogP) is 3.94. The zero-order valence-corrected chi connectivity index (χ0v) is 18.5. The number of amides is 1. The van der Waals surface area contributed by atoms with Crippen LogP contribution in [0.25, 0.3) is 0 Å². The van der Waals surface area contributed by atoms with Gasteiger partial charge in [0.1, 0.15) is 5.75 Å². The molecular formula is C22H26ClNO4S. The molecule has 0 aromatic heterocycles. The maximum atomic E-state index is 13.3. The molecule has 0 radical (unpaired) electrons. The van der Waals surface area contributed by atoms with Crippen LogP contribution in [0, 0.1) is 13.8 Å². The van der Waals surface area contributed by atoms with Crippen molar-refractivity contribution in [3.63, 3.8) is 0 Å². The standard InChI is InChI=1S/C22H26ClNO4S/c1-15-11-20(12-16(2)21(15)23)28-17(3)22(25)24(13-18-7-5-4-6-8-18)19-9-10-29(26,27)14-19/h4-8,11-12,17,19H,9-10,13-14H2,1-3H3/t17-,19+/m0/s1. The van der Waals surface area contributed by atoms with E-state index in [2.05, 4.69) is 0 Å². The summed E-state index contributed by atoms with van der Waals surface area (Å²) >= 11 is 6.21. The molecule has 7 heteroatoms. The maximum absolute atomic E-state index is 13.3. The Balaban J connectivity index is 1.81. The minimum Gasteiger partial charge on any atom is -0.481 e. The van der Waals surface area contributed by atoms with Gasteiger partial charge in [-0.1, -0.05) is 41.9 Å². The Labute approximate surface area is 177 Å². The Morgan fingerprint density at radius 3 is 2.38 bits per heavy atom. The monoisotopic (exact) mass is 435 g/mol. The van der Waals surface area contributed by atoms with Gasteiger partial charge < -0.3 is 9.64 Å². The summed E-state index contributed by atoms with van der Waals surface area (Å²) in [6.45, 7) is 5.83. The van der Waals surface area contributed by atoms with Crippen LogP contribution in [0.3, 0.4) is 0 Å². The second-order valence-corrected chi connectivity index (χ2v) is 10.2. The smallest absolute Gasteiger partial charge is 0.263 e. The molecule has 3 rings (SSSR count). The Hall–Kier alpha value is -2.05. The van der Waals surface area contributed by atoms with Crippen LogP contribution in [0.5, 0.6) is 5.75 Å². The molecule has 29 heavy (non-hydrogen) atoms. The van der Waals surface area contributed by atoms with Crippen LogP contribution in [0.1, 0.15) is 30.0 Å². The number of aryl methyl sites for hydroxylation is 2. The zero-order chi connectivity index (χ0) is 21.2. The number of carbonyl (C=O) groups excluding carboxylic acids is 1. The Morgan fingerprint density at radius 2 is 1.83 bits per heavy atom. The minimum absolute atomic E-state index is 0.00253. The Morgan fingerprint density at radius 1 is 1.21 bits per heavy atom. The third kappa shape index (κ3) is 5.31. The molecule has 1 aliphatic heterocycles. The van der Waals surface area contributed by atoms with Crippen LogP contribution in [0.2, 0.25) is 5.02 Å². The molecule has 1 fully saturated rings. The van der Waals surface area contributed by atoms with Crippen molar-refractivity contribution in [1.82, 2.24) is 4.90 Å². The van der Waals surface area contributed by atoms with Gasteiger partial charge in [0.2, 0.25) is 0 Å². The summed E-state index contributed by atoms with van der Waals surface area (Å²) < 4.78 is 29.9. The SMILES string of the molecule is Cc1cc(O[C@@H](C)C(=O)N(Cc2ccccc2)[C@@H]2CCS(=O)(=O)C2)cc(C)c1Cl. The molecule has 0 bridgehead atoms. The van der Waals surface area contributed by atoms with E-state index >= 15 is 0 Å². The van der Waals surface area contributed by atoms with E-state index in [1.807, 2.05) is 44.2 Å². The van der Waals surface area contributed by atoms with Crippen molar-refractivity contribution < 1.29 is 17.9 Å². The first-order chi connectivity index (χ1) is 13.7. The van der Waals surface area contributed by atoms with E-state index < -0.39 is 15.9 Å². The van der Waals surface area contributed by atoms with Gasteiger partial charge in [-0.25, -0.2) is 8.42 Å². The van der Waals surface area contributed by atoms with Gasteiger partial charge in [0.15, 0.2) is 15.9 Å². The van der Waals surface area contributed by atoms with E-state index in [0.717, 1.165) is 16.7 Å². The molecule has 5 nitrogen and oxygen atoms in total. The fourth-order valence-corrected chi connectivity index (χ4v) is 5.49. The highest BCUT2D eigenvalue weighted by Gasteiger charge is 2.36. The molecule has 2 aromatic rings. The summed E-state index contributed by atoms with van der Waals surface area (Å²) in [5.74, 6) is 0.462. The van der Waals surface area contributed by atoms with Gasteiger partial charge in [-0.05, 0) is 56.0 Å². The molecule has 0 N–H and O–H groups in total. The van der Waals surface area contributed by atoms with Crippen molar-refractivity contribution >= 4 is 27.3 Å². The van der Waals surface area contributed by atoms with Gasteiger partial charge in [0.05, 0.1) is 11.5 Å². The topological polar surface area (TPSA) is 63.7 Å². The number of sulfone groups is 1. The minimum atomic E-state index is -3.12. The van der Waals surface area contributed by atoms with Crippen LogP contribution in [-0.4, -0.2) is 42.9 Å². The van der Waals surface area contributed by atoms with Gasteiger partial charge in [0.25, 0.3) is 5.91 Å². The lowest BCUT2D eigenvalue weighted by Gasteiger charge is -2.31. The number of hydrogen-bond acceptors (Lipinski definition) is 4. The van der Waals surface area contributed by atoms with E-state index in [9.17, 15) is 13.2 Å². The number of carbonyl (C=O) groups is 1. The van der Waals surface area contributed by atoms with Crippen LogP contribution in [0.15, 0.2) is 42.5 Å².